The van der Waals surface area contributed by atoms with Gasteiger partial charge < -0.3 is 5.32 Å². The van der Waals surface area contributed by atoms with Crippen molar-refractivity contribution in [3.05, 3.63) is 56.0 Å². The fourth-order valence-electron chi connectivity index (χ4n) is 1.98. The maximum absolute atomic E-state index is 12.5. The van der Waals surface area contributed by atoms with Crippen LogP contribution in [0.4, 0.5) is 11.4 Å². The van der Waals surface area contributed by atoms with Crippen LogP contribution in [0.5, 0.6) is 0 Å². The number of hydrogen-bond acceptors (Lipinski definition) is 3. The Kier molecular flexibility index (Phi) is 6.12. The molecule has 0 aliphatic heterocycles. The first kappa shape index (κ1) is 20.1. The van der Waals surface area contributed by atoms with Gasteiger partial charge in [0.2, 0.25) is 10.0 Å². The van der Waals surface area contributed by atoms with E-state index in [0.29, 0.717) is 5.02 Å². The van der Waals surface area contributed by atoms with Crippen molar-refractivity contribution in [2.45, 2.75) is 0 Å². The number of carbonyl (C=O) groups is 1. The standard InChI is InChI=1S/C15H12Cl4N2O3S/c1-21(25(2,23)24)14-12(19)6-9(16)7-13(14)20-15(22)8-3-4-10(17)11(18)5-8/h3-7H,1-2H3,(H,20,22). The van der Waals surface area contributed by atoms with Crippen LogP contribution in [0.1, 0.15) is 10.4 Å². The molecule has 0 fully saturated rings. The van der Waals surface area contributed by atoms with Crippen molar-refractivity contribution in [1.82, 2.24) is 0 Å². The summed E-state index contributed by atoms with van der Waals surface area (Å²) in [6, 6.07) is 7.14. The minimum Gasteiger partial charge on any atom is -0.320 e. The summed E-state index contributed by atoms with van der Waals surface area (Å²) in [5.41, 5.74) is 0.474. The van der Waals surface area contributed by atoms with Gasteiger partial charge in [0.05, 0.1) is 32.7 Å². The highest BCUT2D eigenvalue weighted by atomic mass is 35.5. The summed E-state index contributed by atoms with van der Waals surface area (Å²) < 4.78 is 24.7. The molecule has 0 aromatic heterocycles. The summed E-state index contributed by atoms with van der Waals surface area (Å²) in [4.78, 5) is 12.5. The van der Waals surface area contributed by atoms with Crippen molar-refractivity contribution in [2.24, 2.45) is 0 Å². The summed E-state index contributed by atoms with van der Waals surface area (Å²) in [6.45, 7) is 0. The van der Waals surface area contributed by atoms with Crippen LogP contribution < -0.4 is 9.62 Å². The summed E-state index contributed by atoms with van der Waals surface area (Å²) in [7, 11) is -2.29. The molecule has 25 heavy (non-hydrogen) atoms. The van der Waals surface area contributed by atoms with Gasteiger partial charge in [0.1, 0.15) is 0 Å². The number of amides is 1. The average molecular weight is 442 g/mol. The molecule has 134 valence electrons. The Bertz CT molecular complexity index is 948. The molecule has 0 heterocycles. The topological polar surface area (TPSA) is 66.5 Å². The van der Waals surface area contributed by atoms with Crippen LogP contribution in [-0.2, 0) is 10.0 Å². The van der Waals surface area contributed by atoms with E-state index in [0.717, 1.165) is 10.6 Å². The predicted molar refractivity (Wildman–Crippen MR) is 104 cm³/mol. The van der Waals surface area contributed by atoms with Gasteiger partial charge in [-0.05, 0) is 30.3 Å². The van der Waals surface area contributed by atoms with Crippen LogP contribution in [0.2, 0.25) is 20.1 Å². The third-order valence-electron chi connectivity index (χ3n) is 3.27. The van der Waals surface area contributed by atoms with Crippen LogP contribution in [0.3, 0.4) is 0 Å². The number of nitrogens with zero attached hydrogens (tertiary/aromatic N) is 1. The van der Waals surface area contributed by atoms with Gasteiger partial charge in [0.25, 0.3) is 5.91 Å². The fourth-order valence-corrected chi connectivity index (χ4v) is 3.48. The van der Waals surface area contributed by atoms with Crippen LogP contribution >= 0.6 is 46.4 Å². The van der Waals surface area contributed by atoms with E-state index in [2.05, 4.69) is 5.32 Å². The van der Waals surface area contributed by atoms with E-state index in [1.165, 1.54) is 37.4 Å². The van der Waals surface area contributed by atoms with Gasteiger partial charge in [-0.15, -0.1) is 0 Å². The molecule has 2 aromatic rings. The van der Waals surface area contributed by atoms with Crippen molar-refractivity contribution in [2.75, 3.05) is 22.9 Å². The monoisotopic (exact) mass is 440 g/mol. The molecule has 1 N–H and O–H groups in total. The predicted octanol–water partition coefficient (Wildman–Crippen LogP) is 4.95. The average Bonchev–Trinajstić information content (AvgIpc) is 2.48. The largest absolute Gasteiger partial charge is 0.320 e. The highest BCUT2D eigenvalue weighted by Gasteiger charge is 2.22. The molecular formula is C15H12Cl4N2O3S. The van der Waals surface area contributed by atoms with E-state index >= 15 is 0 Å². The lowest BCUT2D eigenvalue weighted by atomic mass is 10.2. The smallest absolute Gasteiger partial charge is 0.255 e. The maximum atomic E-state index is 12.5. The maximum Gasteiger partial charge on any atom is 0.255 e. The lowest BCUT2D eigenvalue weighted by molar-refractivity contribution is 0.102. The minimum absolute atomic E-state index is 0.0739. The van der Waals surface area contributed by atoms with Crippen molar-refractivity contribution < 1.29 is 13.2 Å². The number of nitrogens with one attached hydrogen (secondary N) is 1. The third kappa shape index (κ3) is 4.71. The van der Waals surface area contributed by atoms with Crippen LogP contribution in [-0.4, -0.2) is 27.6 Å². The second-order valence-electron chi connectivity index (χ2n) is 5.10. The number of benzene rings is 2. The van der Waals surface area contributed by atoms with Crippen molar-refractivity contribution in [1.29, 1.82) is 0 Å². The number of anilines is 2. The number of carbonyl (C=O) groups excluding carboxylic acids is 1. The molecule has 0 unspecified atom stereocenters. The van der Waals surface area contributed by atoms with E-state index in [9.17, 15) is 13.2 Å². The zero-order chi connectivity index (χ0) is 18.9. The van der Waals surface area contributed by atoms with Crippen molar-refractivity contribution in [3.8, 4) is 0 Å². The normalized spacial score (nSPS) is 11.3. The van der Waals surface area contributed by atoms with Crippen LogP contribution in [0, 0.1) is 0 Å². The fraction of sp³-hybridized carbons (Fsp3) is 0.133. The minimum atomic E-state index is -3.61. The highest BCUT2D eigenvalue weighted by molar-refractivity contribution is 7.92. The number of halogens is 4. The van der Waals surface area contributed by atoms with Crippen molar-refractivity contribution in [3.63, 3.8) is 0 Å². The molecule has 2 aromatic carbocycles. The summed E-state index contributed by atoms with van der Waals surface area (Å²) in [5, 5.41) is 3.42. The van der Waals surface area contributed by atoms with Gasteiger partial charge in [0, 0.05) is 17.6 Å². The Morgan fingerprint density at radius 3 is 2.20 bits per heavy atom. The molecule has 0 atom stereocenters. The molecule has 5 nitrogen and oxygen atoms in total. The number of rotatable bonds is 4. The van der Waals surface area contributed by atoms with Crippen molar-refractivity contribution >= 4 is 73.7 Å². The lowest BCUT2D eigenvalue weighted by Crippen LogP contribution is -2.27. The molecule has 0 aliphatic rings. The van der Waals surface area contributed by atoms with E-state index < -0.39 is 15.9 Å². The number of sulfonamides is 1. The SMILES string of the molecule is CN(c1c(Cl)cc(Cl)cc1NC(=O)c1ccc(Cl)c(Cl)c1)S(C)(=O)=O. The van der Waals surface area contributed by atoms with Gasteiger partial charge in [-0.1, -0.05) is 46.4 Å². The summed E-state index contributed by atoms with van der Waals surface area (Å²) in [5.74, 6) is -0.528. The first-order valence-corrected chi connectivity index (χ1v) is 10.1. The Morgan fingerprint density at radius 1 is 1.00 bits per heavy atom. The first-order valence-electron chi connectivity index (χ1n) is 6.70. The molecule has 0 saturated heterocycles. The second kappa shape index (κ2) is 7.60. The Morgan fingerprint density at radius 2 is 1.64 bits per heavy atom. The quantitative estimate of drug-likeness (QED) is 0.729. The highest BCUT2D eigenvalue weighted by Crippen LogP contribution is 2.38. The second-order valence-corrected chi connectivity index (χ2v) is 8.77. The molecule has 10 heteroatoms. The van der Waals surface area contributed by atoms with E-state index in [1.54, 1.807) is 0 Å². The van der Waals surface area contributed by atoms with E-state index in [4.69, 9.17) is 46.4 Å². The van der Waals surface area contributed by atoms with Crippen LogP contribution in [0.25, 0.3) is 0 Å². The molecule has 1 amide bonds. The Labute approximate surface area is 165 Å². The van der Waals surface area contributed by atoms with E-state index in [-0.39, 0.29) is 32.0 Å². The summed E-state index contributed by atoms with van der Waals surface area (Å²) in [6.07, 6.45) is 1.02. The van der Waals surface area contributed by atoms with Gasteiger partial charge in [-0.2, -0.15) is 0 Å². The molecule has 0 spiro atoms. The molecule has 2 rings (SSSR count). The zero-order valence-electron chi connectivity index (χ0n) is 13.0. The molecule has 0 aliphatic carbocycles. The molecule has 0 saturated carbocycles. The Hall–Kier alpha value is -1.18. The van der Waals surface area contributed by atoms with Gasteiger partial charge in [0.15, 0.2) is 0 Å². The van der Waals surface area contributed by atoms with E-state index in [1.807, 2.05) is 0 Å². The molecule has 0 bridgehead atoms. The van der Waals surface area contributed by atoms with Gasteiger partial charge >= 0.3 is 0 Å². The van der Waals surface area contributed by atoms with Gasteiger partial charge in [-0.25, -0.2) is 8.42 Å². The summed E-state index contributed by atoms with van der Waals surface area (Å²) >= 11 is 23.8. The zero-order valence-corrected chi connectivity index (χ0v) is 16.8. The molecule has 0 radical (unpaired) electrons. The third-order valence-corrected chi connectivity index (χ3v) is 5.69. The van der Waals surface area contributed by atoms with Gasteiger partial charge in [-0.3, -0.25) is 9.10 Å². The van der Waals surface area contributed by atoms with Crippen LogP contribution in [0.15, 0.2) is 30.3 Å². The lowest BCUT2D eigenvalue weighted by Gasteiger charge is -2.22. The molecular weight excluding hydrogens is 430 g/mol. The number of hydrogen-bond donors (Lipinski definition) is 1. The first-order chi connectivity index (χ1) is 11.5. The Balaban J connectivity index is 2.48.